The first-order valence-corrected chi connectivity index (χ1v) is 9.05. The van der Waals surface area contributed by atoms with Gasteiger partial charge in [-0.25, -0.2) is 0 Å². The van der Waals surface area contributed by atoms with Gasteiger partial charge in [-0.3, -0.25) is 14.3 Å². The van der Waals surface area contributed by atoms with Gasteiger partial charge in [-0.05, 0) is 44.7 Å². The molecule has 25 heavy (non-hydrogen) atoms. The molecule has 1 fully saturated rings. The van der Waals surface area contributed by atoms with Crippen LogP contribution in [0.5, 0.6) is 0 Å². The standard InChI is InChI=1S/C19H26N4O2/c1-14-7-6-8-17-16(14)13-20-23(17)12-9-18(24)21-15(2)19(25)22-10-4-3-5-11-22/h6-8,13,15H,3-5,9-12H2,1-2H3,(H,21,24). The lowest BCUT2D eigenvalue weighted by Crippen LogP contribution is -2.48. The summed E-state index contributed by atoms with van der Waals surface area (Å²) in [5, 5.41) is 8.31. The zero-order valence-corrected chi connectivity index (χ0v) is 15.0. The van der Waals surface area contributed by atoms with E-state index < -0.39 is 6.04 Å². The molecular formula is C19H26N4O2. The van der Waals surface area contributed by atoms with Gasteiger partial charge >= 0.3 is 0 Å². The van der Waals surface area contributed by atoms with Crippen LogP contribution in [-0.2, 0) is 16.1 Å². The Bertz CT molecular complexity index is 762. The van der Waals surface area contributed by atoms with E-state index in [1.165, 1.54) is 12.0 Å². The number of amides is 2. The lowest BCUT2D eigenvalue weighted by Gasteiger charge is -2.29. The van der Waals surface area contributed by atoms with Crippen molar-refractivity contribution >= 4 is 22.7 Å². The van der Waals surface area contributed by atoms with Gasteiger partial charge in [0.2, 0.25) is 11.8 Å². The minimum atomic E-state index is -0.470. The molecule has 0 aliphatic carbocycles. The topological polar surface area (TPSA) is 67.2 Å². The third-order valence-electron chi connectivity index (χ3n) is 4.87. The zero-order chi connectivity index (χ0) is 17.8. The van der Waals surface area contributed by atoms with Crippen LogP contribution >= 0.6 is 0 Å². The monoisotopic (exact) mass is 342 g/mol. The van der Waals surface area contributed by atoms with Crippen LogP contribution in [0.3, 0.4) is 0 Å². The summed E-state index contributed by atoms with van der Waals surface area (Å²) >= 11 is 0. The number of likely N-dealkylation sites (tertiary alicyclic amines) is 1. The number of carbonyl (C=O) groups excluding carboxylic acids is 2. The predicted molar refractivity (Wildman–Crippen MR) is 97.1 cm³/mol. The average Bonchev–Trinajstić information content (AvgIpc) is 3.04. The van der Waals surface area contributed by atoms with Crippen LogP contribution in [-0.4, -0.2) is 45.6 Å². The molecule has 1 N–H and O–H groups in total. The first-order chi connectivity index (χ1) is 12.1. The molecule has 1 aromatic heterocycles. The van der Waals surface area contributed by atoms with Gasteiger partial charge in [-0.15, -0.1) is 0 Å². The number of aryl methyl sites for hydroxylation is 2. The Morgan fingerprint density at radius 2 is 2.00 bits per heavy atom. The van der Waals surface area contributed by atoms with Gasteiger partial charge in [0, 0.05) is 24.9 Å². The largest absolute Gasteiger partial charge is 0.345 e. The van der Waals surface area contributed by atoms with E-state index in [0.29, 0.717) is 13.0 Å². The van der Waals surface area contributed by atoms with Crippen molar-refractivity contribution in [3.63, 3.8) is 0 Å². The highest BCUT2D eigenvalue weighted by atomic mass is 16.2. The molecule has 2 aromatic rings. The molecule has 3 rings (SSSR count). The molecule has 6 nitrogen and oxygen atoms in total. The molecule has 1 unspecified atom stereocenters. The second-order valence-corrected chi connectivity index (χ2v) is 6.80. The van der Waals surface area contributed by atoms with Gasteiger partial charge in [0.25, 0.3) is 0 Å². The second-order valence-electron chi connectivity index (χ2n) is 6.80. The van der Waals surface area contributed by atoms with Crippen LogP contribution in [0.1, 0.15) is 38.2 Å². The van der Waals surface area contributed by atoms with Gasteiger partial charge in [-0.1, -0.05) is 12.1 Å². The fourth-order valence-corrected chi connectivity index (χ4v) is 3.40. The molecule has 1 saturated heterocycles. The number of nitrogens with one attached hydrogen (secondary N) is 1. The fraction of sp³-hybridized carbons (Fsp3) is 0.526. The summed E-state index contributed by atoms with van der Waals surface area (Å²) in [7, 11) is 0. The average molecular weight is 342 g/mol. The molecular weight excluding hydrogens is 316 g/mol. The number of fused-ring (bicyclic) bond motifs is 1. The number of aromatic nitrogens is 2. The van der Waals surface area contributed by atoms with Gasteiger partial charge in [0.1, 0.15) is 6.04 Å². The lowest BCUT2D eigenvalue weighted by atomic mass is 10.1. The molecule has 1 aromatic carbocycles. The van der Waals surface area contributed by atoms with E-state index in [4.69, 9.17) is 0 Å². The van der Waals surface area contributed by atoms with Gasteiger partial charge < -0.3 is 10.2 Å². The first kappa shape index (κ1) is 17.5. The summed E-state index contributed by atoms with van der Waals surface area (Å²) in [4.78, 5) is 26.4. The minimum absolute atomic E-state index is 0.0215. The maximum absolute atomic E-state index is 12.4. The number of piperidine rings is 1. The molecule has 2 heterocycles. The fourth-order valence-electron chi connectivity index (χ4n) is 3.40. The number of rotatable bonds is 5. The lowest BCUT2D eigenvalue weighted by molar-refractivity contribution is -0.136. The Morgan fingerprint density at radius 1 is 1.24 bits per heavy atom. The zero-order valence-electron chi connectivity index (χ0n) is 15.0. The number of carbonyl (C=O) groups is 2. The highest BCUT2D eigenvalue weighted by Crippen LogP contribution is 2.17. The highest BCUT2D eigenvalue weighted by molar-refractivity contribution is 5.87. The smallest absolute Gasteiger partial charge is 0.244 e. The number of hydrogen-bond donors (Lipinski definition) is 1. The summed E-state index contributed by atoms with van der Waals surface area (Å²) in [5.41, 5.74) is 2.21. The molecule has 0 bridgehead atoms. The first-order valence-electron chi connectivity index (χ1n) is 9.05. The molecule has 1 aliphatic heterocycles. The van der Waals surface area contributed by atoms with Crippen molar-refractivity contribution < 1.29 is 9.59 Å². The third-order valence-corrected chi connectivity index (χ3v) is 4.87. The number of hydrogen-bond acceptors (Lipinski definition) is 3. The van der Waals surface area contributed by atoms with E-state index >= 15 is 0 Å². The van der Waals surface area contributed by atoms with Gasteiger partial charge in [0.05, 0.1) is 18.3 Å². The Labute approximate surface area is 148 Å². The van der Waals surface area contributed by atoms with Gasteiger partial charge in [0.15, 0.2) is 0 Å². The van der Waals surface area contributed by atoms with Crippen molar-refractivity contribution in [1.29, 1.82) is 0 Å². The molecule has 0 spiro atoms. The van der Waals surface area contributed by atoms with Crippen LogP contribution < -0.4 is 5.32 Å². The third kappa shape index (κ3) is 4.00. The van der Waals surface area contributed by atoms with Gasteiger partial charge in [-0.2, -0.15) is 5.10 Å². The van der Waals surface area contributed by atoms with Crippen molar-refractivity contribution in [2.24, 2.45) is 0 Å². The Hall–Kier alpha value is -2.37. The summed E-state index contributed by atoms with van der Waals surface area (Å²) < 4.78 is 1.85. The van der Waals surface area contributed by atoms with Crippen LogP contribution in [0.2, 0.25) is 0 Å². The van der Waals surface area contributed by atoms with Crippen LogP contribution in [0.25, 0.3) is 10.9 Å². The van der Waals surface area contributed by atoms with Crippen molar-refractivity contribution in [2.45, 2.75) is 52.1 Å². The van der Waals surface area contributed by atoms with E-state index in [9.17, 15) is 9.59 Å². The SMILES string of the molecule is Cc1cccc2c1cnn2CCC(=O)NC(C)C(=O)N1CCCCC1. The molecule has 0 saturated carbocycles. The molecule has 6 heteroatoms. The van der Waals surface area contributed by atoms with E-state index in [1.807, 2.05) is 27.9 Å². The maximum atomic E-state index is 12.4. The number of benzene rings is 1. The molecule has 2 amide bonds. The summed E-state index contributed by atoms with van der Waals surface area (Å²) in [6.45, 7) is 5.93. The molecule has 0 radical (unpaired) electrons. The maximum Gasteiger partial charge on any atom is 0.244 e. The number of nitrogens with zero attached hydrogens (tertiary/aromatic N) is 3. The van der Waals surface area contributed by atoms with Crippen LogP contribution in [0.15, 0.2) is 24.4 Å². The van der Waals surface area contributed by atoms with Crippen LogP contribution in [0.4, 0.5) is 0 Å². The van der Waals surface area contributed by atoms with E-state index in [0.717, 1.165) is 36.8 Å². The summed E-state index contributed by atoms with van der Waals surface area (Å²) in [6, 6.07) is 5.59. The van der Waals surface area contributed by atoms with Crippen molar-refractivity contribution in [2.75, 3.05) is 13.1 Å². The normalized spacial score (nSPS) is 16.0. The Morgan fingerprint density at radius 3 is 2.76 bits per heavy atom. The summed E-state index contributed by atoms with van der Waals surface area (Å²) in [6.07, 6.45) is 5.44. The Kier molecular flexibility index (Phi) is 5.36. The molecule has 1 aliphatic rings. The second kappa shape index (κ2) is 7.68. The van der Waals surface area contributed by atoms with E-state index in [1.54, 1.807) is 6.92 Å². The van der Waals surface area contributed by atoms with Crippen molar-refractivity contribution in [3.05, 3.63) is 30.0 Å². The quantitative estimate of drug-likeness (QED) is 0.906. The molecule has 1 atom stereocenters. The minimum Gasteiger partial charge on any atom is -0.345 e. The predicted octanol–water partition coefficient (Wildman–Crippen LogP) is 2.25. The molecule has 134 valence electrons. The van der Waals surface area contributed by atoms with E-state index in [2.05, 4.69) is 23.4 Å². The van der Waals surface area contributed by atoms with Crippen molar-refractivity contribution in [3.8, 4) is 0 Å². The summed E-state index contributed by atoms with van der Waals surface area (Å²) in [5.74, 6) is -0.0950. The van der Waals surface area contributed by atoms with E-state index in [-0.39, 0.29) is 11.8 Å². The van der Waals surface area contributed by atoms with Crippen molar-refractivity contribution in [1.82, 2.24) is 20.0 Å². The highest BCUT2D eigenvalue weighted by Gasteiger charge is 2.23. The Balaban J connectivity index is 1.53. The van der Waals surface area contributed by atoms with Crippen LogP contribution in [0, 0.1) is 6.92 Å².